The van der Waals surface area contributed by atoms with Crippen molar-refractivity contribution in [1.29, 1.82) is 5.26 Å². The van der Waals surface area contributed by atoms with Gasteiger partial charge in [0.1, 0.15) is 17.1 Å². The highest BCUT2D eigenvalue weighted by Crippen LogP contribution is 2.54. The number of nitriles is 1. The summed E-state index contributed by atoms with van der Waals surface area (Å²) in [5.74, 6) is -0.374. The van der Waals surface area contributed by atoms with E-state index < -0.39 is 5.41 Å². The Morgan fingerprint density at radius 3 is 2.78 bits per heavy atom. The molecule has 0 fully saturated rings. The highest BCUT2D eigenvalue weighted by Gasteiger charge is 2.58. The molecule has 2 aliphatic heterocycles. The summed E-state index contributed by atoms with van der Waals surface area (Å²) in [5.41, 5.74) is 7.31. The molecular formula is C19H12N6O2. The van der Waals surface area contributed by atoms with Gasteiger partial charge in [0.2, 0.25) is 17.7 Å². The number of nitrogens with one attached hydrogen (secondary N) is 2. The number of amides is 1. The molecule has 4 heterocycles. The Bertz CT molecular complexity index is 1170. The normalized spacial score (nSPS) is 19.9. The number of carbonyl (C=O) groups excluding carboxylic acids is 1. The molecule has 27 heavy (non-hydrogen) atoms. The zero-order valence-corrected chi connectivity index (χ0v) is 13.9. The summed E-state index contributed by atoms with van der Waals surface area (Å²) < 4.78 is 5.57. The molecule has 4 N–H and O–H groups in total. The fourth-order valence-corrected chi connectivity index (χ4v) is 3.80. The minimum Gasteiger partial charge on any atom is -0.420 e. The molecule has 0 radical (unpaired) electrons. The number of nitrogens with zero attached hydrogens (tertiary/aromatic N) is 3. The van der Waals surface area contributed by atoms with E-state index in [1.54, 1.807) is 30.5 Å². The molecule has 0 bridgehead atoms. The molecule has 130 valence electrons. The second kappa shape index (κ2) is 5.19. The highest BCUT2D eigenvalue weighted by atomic mass is 16.5. The first-order valence-electron chi connectivity index (χ1n) is 8.17. The second-order valence-electron chi connectivity index (χ2n) is 6.20. The quantitative estimate of drug-likeness (QED) is 0.609. The first kappa shape index (κ1) is 15.2. The van der Waals surface area contributed by atoms with Crippen LogP contribution in [0, 0.1) is 11.3 Å². The number of aromatic amines is 1. The van der Waals surface area contributed by atoms with Crippen LogP contribution in [-0.2, 0) is 10.2 Å². The topological polar surface area (TPSA) is 130 Å². The van der Waals surface area contributed by atoms with Crippen LogP contribution in [0.25, 0.3) is 11.4 Å². The Morgan fingerprint density at radius 1 is 1.19 bits per heavy atom. The van der Waals surface area contributed by atoms with Gasteiger partial charge in [-0.3, -0.25) is 14.9 Å². The molecule has 0 unspecified atom stereocenters. The zero-order chi connectivity index (χ0) is 18.6. The number of rotatable bonds is 1. The van der Waals surface area contributed by atoms with Gasteiger partial charge in [-0.05, 0) is 18.2 Å². The lowest BCUT2D eigenvalue weighted by Crippen LogP contribution is -2.42. The molecule has 2 aliphatic rings. The van der Waals surface area contributed by atoms with Gasteiger partial charge in [0.15, 0.2) is 0 Å². The number of pyridine rings is 1. The maximum absolute atomic E-state index is 13.3. The van der Waals surface area contributed by atoms with Gasteiger partial charge in [0.05, 0.1) is 17.0 Å². The maximum Gasteiger partial charge on any atom is 0.245 e. The molecule has 3 aromatic rings. The number of anilines is 1. The number of H-pyrrole nitrogens is 1. The number of nitrogens with two attached hydrogens (primary N) is 1. The van der Waals surface area contributed by atoms with Crippen molar-refractivity contribution < 1.29 is 9.53 Å². The van der Waals surface area contributed by atoms with E-state index in [4.69, 9.17) is 10.5 Å². The van der Waals surface area contributed by atoms with Crippen LogP contribution in [0.2, 0.25) is 0 Å². The van der Waals surface area contributed by atoms with Crippen LogP contribution in [0.3, 0.4) is 0 Å². The number of hydrogen-bond donors (Lipinski definition) is 3. The number of carbonyl (C=O) groups is 1. The lowest BCUT2D eigenvalue weighted by Gasteiger charge is -2.31. The third-order valence-corrected chi connectivity index (χ3v) is 4.89. The average Bonchev–Trinajstić information content (AvgIpc) is 3.23. The minimum atomic E-state index is -1.46. The number of aromatic nitrogens is 3. The van der Waals surface area contributed by atoms with Crippen molar-refractivity contribution in [1.82, 2.24) is 15.2 Å². The van der Waals surface area contributed by atoms with E-state index in [-0.39, 0.29) is 23.2 Å². The fourth-order valence-electron chi connectivity index (χ4n) is 3.80. The van der Waals surface area contributed by atoms with Gasteiger partial charge in [-0.25, -0.2) is 0 Å². The molecule has 8 nitrogen and oxygen atoms in total. The SMILES string of the molecule is N#CC1=C(N)Oc2n[nH]c(-c3ccccn3)c2[C@]12C(=O)Nc1ccccc12. The van der Waals surface area contributed by atoms with Crippen molar-refractivity contribution in [2.45, 2.75) is 5.41 Å². The smallest absolute Gasteiger partial charge is 0.245 e. The minimum absolute atomic E-state index is 0.0241. The second-order valence-corrected chi connectivity index (χ2v) is 6.20. The monoisotopic (exact) mass is 356 g/mol. The summed E-state index contributed by atoms with van der Waals surface area (Å²) in [6.45, 7) is 0. The first-order valence-corrected chi connectivity index (χ1v) is 8.17. The van der Waals surface area contributed by atoms with Gasteiger partial charge >= 0.3 is 0 Å². The van der Waals surface area contributed by atoms with Crippen LogP contribution in [0.5, 0.6) is 5.88 Å². The first-order chi connectivity index (χ1) is 13.2. The fraction of sp³-hybridized carbons (Fsp3) is 0.0526. The Balaban J connectivity index is 1.92. The van der Waals surface area contributed by atoms with Gasteiger partial charge in [0, 0.05) is 17.4 Å². The maximum atomic E-state index is 13.3. The standard InChI is InChI=1S/C19H12N6O2/c20-9-11-16(21)27-17-14(15(24-25-17)13-7-3-4-8-22-13)19(11)10-5-1-2-6-12(10)23-18(19)26/h1-8H,21H2,(H,23,26)(H,24,25)/t19-/m1/s1. The van der Waals surface area contributed by atoms with E-state index >= 15 is 0 Å². The molecule has 0 saturated heterocycles. The Labute approximate surface area is 153 Å². The number of para-hydroxylation sites is 1. The van der Waals surface area contributed by atoms with Crippen LogP contribution in [0.1, 0.15) is 11.1 Å². The Morgan fingerprint density at radius 2 is 2.00 bits per heavy atom. The molecule has 1 spiro atoms. The summed E-state index contributed by atoms with van der Waals surface area (Å²) in [7, 11) is 0. The largest absolute Gasteiger partial charge is 0.420 e. The van der Waals surface area contributed by atoms with Crippen molar-refractivity contribution in [3.05, 3.63) is 71.2 Å². The van der Waals surface area contributed by atoms with Crippen LogP contribution in [-0.4, -0.2) is 21.1 Å². The predicted molar refractivity (Wildman–Crippen MR) is 95.1 cm³/mol. The van der Waals surface area contributed by atoms with Gasteiger partial charge in [0.25, 0.3) is 0 Å². The van der Waals surface area contributed by atoms with Gasteiger partial charge in [-0.1, -0.05) is 24.3 Å². The van der Waals surface area contributed by atoms with E-state index in [0.29, 0.717) is 28.2 Å². The van der Waals surface area contributed by atoms with Crippen LogP contribution >= 0.6 is 0 Å². The summed E-state index contributed by atoms with van der Waals surface area (Å²) in [4.78, 5) is 17.6. The van der Waals surface area contributed by atoms with E-state index in [1.165, 1.54) is 0 Å². The van der Waals surface area contributed by atoms with Gasteiger partial charge in [-0.15, -0.1) is 5.10 Å². The van der Waals surface area contributed by atoms with Crippen LogP contribution < -0.4 is 15.8 Å². The number of ether oxygens (including phenoxy) is 1. The Kier molecular flexibility index (Phi) is 2.91. The molecule has 8 heteroatoms. The van der Waals surface area contributed by atoms with Crippen molar-refractivity contribution in [3.63, 3.8) is 0 Å². The molecule has 0 aliphatic carbocycles. The molecule has 2 aromatic heterocycles. The number of benzene rings is 1. The summed E-state index contributed by atoms with van der Waals surface area (Å²) in [6, 6.07) is 14.7. The summed E-state index contributed by atoms with van der Waals surface area (Å²) in [5, 5.41) is 19.8. The molecule has 1 atom stereocenters. The van der Waals surface area contributed by atoms with Crippen LogP contribution in [0.4, 0.5) is 5.69 Å². The molecular weight excluding hydrogens is 344 g/mol. The number of hydrogen-bond acceptors (Lipinski definition) is 6. The third kappa shape index (κ3) is 1.77. The van der Waals surface area contributed by atoms with Gasteiger partial charge < -0.3 is 15.8 Å². The molecule has 1 amide bonds. The lowest BCUT2D eigenvalue weighted by atomic mass is 9.69. The van der Waals surface area contributed by atoms with E-state index in [9.17, 15) is 10.1 Å². The van der Waals surface area contributed by atoms with E-state index in [1.807, 2.05) is 18.2 Å². The summed E-state index contributed by atoms with van der Waals surface area (Å²) >= 11 is 0. The average molecular weight is 356 g/mol. The van der Waals surface area contributed by atoms with Crippen molar-refractivity contribution in [3.8, 4) is 23.3 Å². The third-order valence-electron chi connectivity index (χ3n) is 4.89. The van der Waals surface area contributed by atoms with Gasteiger partial charge in [-0.2, -0.15) is 5.26 Å². The highest BCUT2D eigenvalue weighted by molar-refractivity contribution is 6.13. The predicted octanol–water partition coefficient (Wildman–Crippen LogP) is 1.80. The molecule has 0 saturated carbocycles. The molecule has 5 rings (SSSR count). The van der Waals surface area contributed by atoms with Crippen molar-refractivity contribution in [2.75, 3.05) is 5.32 Å². The lowest BCUT2D eigenvalue weighted by molar-refractivity contribution is -0.118. The van der Waals surface area contributed by atoms with Crippen molar-refractivity contribution in [2.24, 2.45) is 5.73 Å². The zero-order valence-electron chi connectivity index (χ0n) is 13.9. The summed E-state index contributed by atoms with van der Waals surface area (Å²) in [6.07, 6.45) is 1.64. The molecule has 1 aromatic carbocycles. The van der Waals surface area contributed by atoms with E-state index in [0.717, 1.165) is 0 Å². The Hall–Kier alpha value is -4.12. The van der Waals surface area contributed by atoms with Crippen molar-refractivity contribution >= 4 is 11.6 Å². The van der Waals surface area contributed by atoms with Crippen LogP contribution in [0.15, 0.2) is 60.1 Å². The number of fused-ring (bicyclic) bond motifs is 4. The van der Waals surface area contributed by atoms with E-state index in [2.05, 4.69) is 26.6 Å².